The van der Waals surface area contributed by atoms with E-state index in [1.165, 1.54) is 32.4 Å². The third-order valence-corrected chi connectivity index (χ3v) is 8.33. The van der Waals surface area contributed by atoms with E-state index in [-0.39, 0.29) is 5.91 Å². The number of hydrogen-bond acceptors (Lipinski definition) is 7. The summed E-state index contributed by atoms with van der Waals surface area (Å²) in [7, 11) is 1.61. The van der Waals surface area contributed by atoms with E-state index in [1.54, 1.807) is 40.1 Å². The number of ether oxygens (including phenoxy) is 2. The molecule has 10 heteroatoms. The van der Waals surface area contributed by atoms with Gasteiger partial charge in [0.25, 0.3) is 5.91 Å². The van der Waals surface area contributed by atoms with Crippen molar-refractivity contribution in [1.82, 2.24) is 9.55 Å². The van der Waals surface area contributed by atoms with E-state index < -0.39 is 23.4 Å². The van der Waals surface area contributed by atoms with Crippen LogP contribution in [0.1, 0.15) is 75.0 Å². The van der Waals surface area contributed by atoms with E-state index in [4.69, 9.17) is 9.47 Å². The summed E-state index contributed by atoms with van der Waals surface area (Å²) in [6.07, 6.45) is 3.69. The minimum atomic E-state index is -0.747. The van der Waals surface area contributed by atoms with Crippen molar-refractivity contribution < 1.29 is 23.9 Å². The first-order valence-electron chi connectivity index (χ1n) is 15.0. The van der Waals surface area contributed by atoms with Crippen LogP contribution in [0.2, 0.25) is 0 Å². The molecule has 0 bridgehead atoms. The summed E-state index contributed by atoms with van der Waals surface area (Å²) in [4.78, 5) is 46.1. The lowest BCUT2D eigenvalue weighted by atomic mass is 10.1. The Morgan fingerprint density at radius 1 is 0.933 bits per heavy atom. The van der Waals surface area contributed by atoms with Gasteiger partial charge in [0, 0.05) is 30.1 Å². The maximum atomic E-state index is 14.1. The van der Waals surface area contributed by atoms with Crippen LogP contribution < -0.4 is 10.2 Å². The number of carbonyl (C=O) groups excluding carboxylic acids is 3. The molecular formula is C35H40N4O5S. The highest BCUT2D eigenvalue weighted by Crippen LogP contribution is 2.37. The largest absolute Gasteiger partial charge is 0.443 e. The van der Waals surface area contributed by atoms with Crippen LogP contribution in [0, 0.1) is 0 Å². The molecule has 9 nitrogen and oxygen atoms in total. The summed E-state index contributed by atoms with van der Waals surface area (Å²) in [5.74, 6) is 0.495. The fraction of sp³-hybridized carbons (Fsp3) is 0.371. The molecule has 0 spiro atoms. The van der Waals surface area contributed by atoms with Crippen LogP contribution in [-0.4, -0.2) is 45.9 Å². The molecule has 1 aliphatic rings. The summed E-state index contributed by atoms with van der Waals surface area (Å²) in [5.41, 5.74) is 3.70. The quantitative estimate of drug-likeness (QED) is 0.215. The van der Waals surface area contributed by atoms with Crippen LogP contribution in [0.25, 0.3) is 10.9 Å². The topological polar surface area (TPSA) is 103 Å². The Morgan fingerprint density at radius 2 is 1.64 bits per heavy atom. The number of pyridine rings is 1. The van der Waals surface area contributed by atoms with Crippen molar-refractivity contribution in [2.45, 2.75) is 82.8 Å². The van der Waals surface area contributed by atoms with E-state index >= 15 is 0 Å². The number of hydrogen-bond donors (Lipinski definition) is 1. The Hall–Kier alpha value is -4.31. The van der Waals surface area contributed by atoms with Crippen molar-refractivity contribution in [2.75, 3.05) is 17.3 Å². The van der Waals surface area contributed by atoms with E-state index in [1.807, 2.05) is 63.2 Å². The molecular weight excluding hydrogens is 588 g/mol. The average Bonchev–Trinajstić information content (AvgIpc) is 3.56. The summed E-state index contributed by atoms with van der Waals surface area (Å²) in [5, 5.41) is 4.19. The van der Waals surface area contributed by atoms with Crippen molar-refractivity contribution in [2.24, 2.45) is 0 Å². The van der Waals surface area contributed by atoms with Gasteiger partial charge in [0.05, 0.1) is 16.1 Å². The highest BCUT2D eigenvalue weighted by molar-refractivity contribution is 7.98. The lowest BCUT2D eigenvalue weighted by Gasteiger charge is -2.24. The smallest absolute Gasteiger partial charge is 0.419 e. The first kappa shape index (κ1) is 32.1. The highest BCUT2D eigenvalue weighted by Gasteiger charge is 2.29. The van der Waals surface area contributed by atoms with Gasteiger partial charge in [0.15, 0.2) is 0 Å². The second-order valence-electron chi connectivity index (χ2n) is 13.2. The average molecular weight is 629 g/mol. The summed E-state index contributed by atoms with van der Waals surface area (Å²) in [6.45, 7) is 10.9. The van der Waals surface area contributed by atoms with Gasteiger partial charge in [-0.25, -0.2) is 19.1 Å². The minimum Gasteiger partial charge on any atom is -0.443 e. The number of aryl methyl sites for hydroxylation is 2. The number of nitrogens with one attached hydrogen (secondary N) is 1. The lowest BCUT2D eigenvalue weighted by Crippen LogP contribution is -2.34. The monoisotopic (exact) mass is 628 g/mol. The van der Waals surface area contributed by atoms with Crippen molar-refractivity contribution in [3.63, 3.8) is 0 Å². The van der Waals surface area contributed by atoms with E-state index in [0.717, 1.165) is 30.5 Å². The number of benzene rings is 2. The second kappa shape index (κ2) is 12.6. The molecule has 236 valence electrons. The van der Waals surface area contributed by atoms with Crippen LogP contribution >= 0.6 is 11.8 Å². The van der Waals surface area contributed by atoms with Gasteiger partial charge in [-0.3, -0.25) is 9.69 Å². The molecule has 4 aromatic rings. The normalized spacial score (nSPS) is 13.0. The first-order valence-corrected chi connectivity index (χ1v) is 16.0. The van der Waals surface area contributed by atoms with E-state index in [9.17, 15) is 14.4 Å². The standard InChI is InChI=1S/C35H40N4O5S/c1-34(2,3)43-32(41)38(7)28-19-22(17-18-36-28)21-45-31-29(30(40)37-25-16-15-23-11-10-12-24(23)20-25)26-13-8-9-14-27(26)39(31)33(42)44-35(4,5)6/h8-9,13-20H,10-12,21H2,1-7H3,(H,37,40). The molecule has 0 unspecified atom stereocenters. The van der Waals surface area contributed by atoms with Gasteiger partial charge in [-0.15, -0.1) is 11.8 Å². The predicted octanol–water partition coefficient (Wildman–Crippen LogP) is 8.22. The molecule has 2 aromatic carbocycles. The van der Waals surface area contributed by atoms with Crippen molar-refractivity contribution in [3.05, 3.63) is 83.0 Å². The zero-order chi connectivity index (χ0) is 32.5. The Labute approximate surface area is 268 Å². The zero-order valence-corrected chi connectivity index (χ0v) is 27.7. The molecule has 45 heavy (non-hydrogen) atoms. The lowest BCUT2D eigenvalue weighted by molar-refractivity contribution is 0.0529. The number of carbonyl (C=O) groups is 3. The van der Waals surface area contributed by atoms with Gasteiger partial charge in [-0.05, 0) is 108 Å². The zero-order valence-electron chi connectivity index (χ0n) is 26.9. The van der Waals surface area contributed by atoms with Crippen LogP contribution in [0.3, 0.4) is 0 Å². The van der Waals surface area contributed by atoms with Crippen LogP contribution in [0.4, 0.5) is 21.1 Å². The van der Waals surface area contributed by atoms with Gasteiger partial charge in [-0.2, -0.15) is 0 Å². The summed E-state index contributed by atoms with van der Waals surface area (Å²) < 4.78 is 12.8. The molecule has 0 fully saturated rings. The van der Waals surface area contributed by atoms with E-state index in [0.29, 0.717) is 33.1 Å². The van der Waals surface area contributed by atoms with Crippen LogP contribution in [0.5, 0.6) is 0 Å². The molecule has 2 aromatic heterocycles. The van der Waals surface area contributed by atoms with Gasteiger partial charge >= 0.3 is 12.2 Å². The molecule has 0 radical (unpaired) electrons. The van der Waals surface area contributed by atoms with Crippen molar-refractivity contribution >= 4 is 52.3 Å². The number of nitrogens with zero attached hydrogens (tertiary/aromatic N) is 3. The third-order valence-electron chi connectivity index (χ3n) is 7.19. The fourth-order valence-corrected chi connectivity index (χ4v) is 6.35. The highest BCUT2D eigenvalue weighted by atomic mass is 32.2. The maximum absolute atomic E-state index is 14.1. The number of para-hydroxylation sites is 1. The summed E-state index contributed by atoms with van der Waals surface area (Å²) >= 11 is 1.34. The number of rotatable bonds is 6. The SMILES string of the molecule is CN(C(=O)OC(C)(C)C)c1cc(CSc2c(C(=O)Nc3ccc4c(c3)CCC4)c3ccccc3n2C(=O)OC(C)(C)C)ccn1. The molecule has 2 amide bonds. The van der Waals surface area contributed by atoms with Gasteiger partial charge < -0.3 is 14.8 Å². The number of anilines is 2. The molecule has 0 saturated heterocycles. The van der Waals surface area contributed by atoms with Gasteiger partial charge in [0.1, 0.15) is 17.0 Å². The van der Waals surface area contributed by atoms with Crippen LogP contribution in [-0.2, 0) is 28.1 Å². The molecule has 1 aliphatic carbocycles. The Morgan fingerprint density at radius 3 is 2.38 bits per heavy atom. The molecule has 0 saturated carbocycles. The molecule has 0 aliphatic heterocycles. The second-order valence-corrected chi connectivity index (χ2v) is 14.1. The molecule has 2 heterocycles. The number of fused-ring (bicyclic) bond motifs is 2. The number of amides is 2. The number of thioether (sulfide) groups is 1. The molecule has 0 atom stereocenters. The Kier molecular flexibility index (Phi) is 8.98. The molecule has 1 N–H and O–H groups in total. The Bertz CT molecular complexity index is 1770. The fourth-order valence-electron chi connectivity index (χ4n) is 5.21. The Balaban J connectivity index is 1.51. The summed E-state index contributed by atoms with van der Waals surface area (Å²) in [6, 6.07) is 17.0. The van der Waals surface area contributed by atoms with Crippen LogP contribution in [0.15, 0.2) is 65.8 Å². The molecule has 5 rings (SSSR count). The maximum Gasteiger partial charge on any atom is 0.419 e. The van der Waals surface area contributed by atoms with E-state index in [2.05, 4.69) is 16.4 Å². The van der Waals surface area contributed by atoms with Crippen molar-refractivity contribution in [1.29, 1.82) is 0 Å². The predicted molar refractivity (Wildman–Crippen MR) is 178 cm³/mol. The third kappa shape index (κ3) is 7.50. The van der Waals surface area contributed by atoms with Gasteiger partial charge in [0.2, 0.25) is 0 Å². The van der Waals surface area contributed by atoms with Crippen molar-refractivity contribution in [3.8, 4) is 0 Å². The first-order chi connectivity index (χ1) is 21.2. The van der Waals surface area contributed by atoms with Gasteiger partial charge in [-0.1, -0.05) is 24.3 Å². The minimum absolute atomic E-state index is 0.311. The number of aromatic nitrogens is 2.